The number of azo groups is 1. The van der Waals surface area contributed by atoms with Crippen LogP contribution in [0.3, 0.4) is 0 Å². The van der Waals surface area contributed by atoms with E-state index in [4.69, 9.17) is 15.9 Å². The first-order valence-corrected chi connectivity index (χ1v) is 6.22. The standard InChI is InChI=1S/C13H16N6O2/c1-7-4-5-10(21-3)9(6-7)16-17-11-8(2)18-19(12(11)20)13(14)15/h4-6,11H,1-3H3,(H3,14,15). The van der Waals surface area contributed by atoms with Gasteiger partial charge in [0.2, 0.25) is 5.96 Å². The number of carbonyl (C=O) groups excluding carboxylic acids is 1. The average molecular weight is 288 g/mol. The minimum atomic E-state index is -0.862. The lowest BCUT2D eigenvalue weighted by Gasteiger charge is -2.09. The minimum Gasteiger partial charge on any atom is -0.494 e. The highest BCUT2D eigenvalue weighted by Crippen LogP contribution is 2.29. The number of hydrogen-bond acceptors (Lipinski definition) is 6. The molecule has 21 heavy (non-hydrogen) atoms. The fourth-order valence-corrected chi connectivity index (χ4v) is 1.86. The number of aryl methyl sites for hydroxylation is 1. The second-order valence-electron chi connectivity index (χ2n) is 4.57. The van der Waals surface area contributed by atoms with Gasteiger partial charge in [-0.05, 0) is 31.5 Å². The fraction of sp³-hybridized carbons (Fsp3) is 0.308. The van der Waals surface area contributed by atoms with Crippen LogP contribution >= 0.6 is 0 Å². The van der Waals surface area contributed by atoms with Crippen LogP contribution in [0.2, 0.25) is 0 Å². The second kappa shape index (κ2) is 5.70. The number of methoxy groups -OCH3 is 1. The van der Waals surface area contributed by atoms with Gasteiger partial charge in [-0.15, -0.1) is 0 Å². The molecule has 0 aromatic heterocycles. The topological polar surface area (TPSA) is 116 Å². The normalized spacial score (nSPS) is 18.2. The van der Waals surface area contributed by atoms with Gasteiger partial charge in [-0.25, -0.2) is 0 Å². The van der Waals surface area contributed by atoms with E-state index in [0.29, 0.717) is 17.1 Å². The molecule has 3 N–H and O–H groups in total. The highest BCUT2D eigenvalue weighted by Gasteiger charge is 2.35. The van der Waals surface area contributed by atoms with Gasteiger partial charge in [-0.3, -0.25) is 10.2 Å². The molecule has 0 saturated heterocycles. The predicted octanol–water partition coefficient (Wildman–Crippen LogP) is 1.57. The number of hydrazone groups is 1. The SMILES string of the molecule is COc1ccc(C)cc1N=NC1C(=O)N(C(=N)N)N=C1C. The van der Waals surface area contributed by atoms with Crippen LogP contribution < -0.4 is 10.5 Å². The molecule has 8 nitrogen and oxygen atoms in total. The molecular weight excluding hydrogens is 272 g/mol. The minimum absolute atomic E-state index is 0.436. The lowest BCUT2D eigenvalue weighted by Crippen LogP contribution is -2.38. The molecule has 1 heterocycles. The van der Waals surface area contributed by atoms with Crippen LogP contribution in [-0.2, 0) is 4.79 Å². The maximum Gasteiger partial charge on any atom is 0.282 e. The van der Waals surface area contributed by atoms with Crippen LogP contribution in [0.25, 0.3) is 0 Å². The summed E-state index contributed by atoms with van der Waals surface area (Å²) in [4.78, 5) is 12.0. The summed E-state index contributed by atoms with van der Waals surface area (Å²) in [5.74, 6) is -0.367. The molecule has 1 aromatic rings. The van der Waals surface area contributed by atoms with Gasteiger partial charge in [0.25, 0.3) is 5.91 Å². The van der Waals surface area contributed by atoms with Crippen LogP contribution in [-0.4, -0.2) is 35.7 Å². The maximum absolute atomic E-state index is 12.0. The number of carbonyl (C=O) groups is 1. The lowest BCUT2D eigenvalue weighted by atomic mass is 10.2. The summed E-state index contributed by atoms with van der Waals surface area (Å²) < 4.78 is 5.20. The van der Waals surface area contributed by atoms with Crippen LogP contribution in [0, 0.1) is 12.3 Å². The summed E-state index contributed by atoms with van der Waals surface area (Å²) in [5.41, 5.74) is 7.24. The van der Waals surface area contributed by atoms with Gasteiger partial charge in [0.1, 0.15) is 11.4 Å². The Hall–Kier alpha value is -2.77. The quantitative estimate of drug-likeness (QED) is 0.499. The van der Waals surface area contributed by atoms with E-state index >= 15 is 0 Å². The molecule has 110 valence electrons. The fourth-order valence-electron chi connectivity index (χ4n) is 1.86. The monoisotopic (exact) mass is 288 g/mol. The number of benzene rings is 1. The molecule has 1 amide bonds. The molecular formula is C13H16N6O2. The van der Waals surface area contributed by atoms with Gasteiger partial charge in [0.15, 0.2) is 6.04 Å². The van der Waals surface area contributed by atoms with E-state index in [9.17, 15) is 4.79 Å². The zero-order valence-electron chi connectivity index (χ0n) is 12.0. The van der Waals surface area contributed by atoms with Gasteiger partial charge in [-0.1, -0.05) is 6.07 Å². The van der Waals surface area contributed by atoms with Crippen LogP contribution in [0.1, 0.15) is 12.5 Å². The largest absolute Gasteiger partial charge is 0.494 e. The van der Waals surface area contributed by atoms with Crippen LogP contribution in [0.15, 0.2) is 33.5 Å². The van der Waals surface area contributed by atoms with Crippen molar-refractivity contribution in [1.29, 1.82) is 5.41 Å². The number of guanidine groups is 1. The Morgan fingerprint density at radius 1 is 1.48 bits per heavy atom. The number of nitrogens with one attached hydrogen (secondary N) is 1. The molecule has 0 bridgehead atoms. The Balaban J connectivity index is 2.26. The van der Waals surface area contributed by atoms with Crippen molar-refractivity contribution in [1.82, 2.24) is 5.01 Å². The number of rotatable bonds is 3. The molecule has 0 aliphatic carbocycles. The van der Waals surface area contributed by atoms with E-state index in [2.05, 4.69) is 15.3 Å². The Morgan fingerprint density at radius 3 is 2.76 bits per heavy atom. The zero-order valence-corrected chi connectivity index (χ0v) is 12.0. The zero-order chi connectivity index (χ0) is 15.6. The van der Waals surface area contributed by atoms with Gasteiger partial charge >= 0.3 is 0 Å². The summed E-state index contributed by atoms with van der Waals surface area (Å²) in [6, 6.07) is 4.61. The number of nitrogens with two attached hydrogens (primary N) is 1. The molecule has 0 saturated carbocycles. The van der Waals surface area contributed by atoms with E-state index in [-0.39, 0.29) is 0 Å². The van der Waals surface area contributed by atoms with Crippen molar-refractivity contribution in [3.8, 4) is 5.75 Å². The van der Waals surface area contributed by atoms with E-state index < -0.39 is 17.9 Å². The molecule has 0 radical (unpaired) electrons. The third-order valence-corrected chi connectivity index (χ3v) is 2.94. The van der Waals surface area contributed by atoms with E-state index in [0.717, 1.165) is 10.6 Å². The highest BCUT2D eigenvalue weighted by atomic mass is 16.5. The van der Waals surface area contributed by atoms with Gasteiger partial charge < -0.3 is 10.5 Å². The number of nitrogens with zero attached hydrogens (tertiary/aromatic N) is 4. The molecule has 1 aliphatic heterocycles. The third-order valence-electron chi connectivity index (χ3n) is 2.94. The summed E-state index contributed by atoms with van der Waals surface area (Å²) in [6.45, 7) is 3.56. The molecule has 8 heteroatoms. The molecule has 1 aliphatic rings. The summed E-state index contributed by atoms with van der Waals surface area (Å²) in [5, 5.41) is 20.1. The first-order valence-electron chi connectivity index (χ1n) is 6.22. The summed E-state index contributed by atoms with van der Waals surface area (Å²) in [6.07, 6.45) is 0. The van der Waals surface area contributed by atoms with Crippen molar-refractivity contribution in [2.45, 2.75) is 19.9 Å². The van der Waals surface area contributed by atoms with Crippen LogP contribution in [0.4, 0.5) is 5.69 Å². The predicted molar refractivity (Wildman–Crippen MR) is 77.9 cm³/mol. The first-order chi connectivity index (χ1) is 9.93. The smallest absolute Gasteiger partial charge is 0.282 e. The van der Waals surface area contributed by atoms with Crippen molar-refractivity contribution < 1.29 is 9.53 Å². The molecule has 0 spiro atoms. The van der Waals surface area contributed by atoms with E-state index in [1.54, 1.807) is 19.1 Å². The van der Waals surface area contributed by atoms with Gasteiger partial charge in [0, 0.05) is 0 Å². The number of amides is 1. The van der Waals surface area contributed by atoms with Gasteiger partial charge in [-0.2, -0.15) is 20.3 Å². The molecule has 2 rings (SSSR count). The Labute approximate surface area is 121 Å². The Kier molecular flexibility index (Phi) is 3.97. The van der Waals surface area contributed by atoms with Crippen molar-refractivity contribution in [3.05, 3.63) is 23.8 Å². The summed E-state index contributed by atoms with van der Waals surface area (Å²) in [7, 11) is 1.54. The Morgan fingerprint density at radius 2 is 2.19 bits per heavy atom. The lowest BCUT2D eigenvalue weighted by molar-refractivity contribution is -0.126. The summed E-state index contributed by atoms with van der Waals surface area (Å²) >= 11 is 0. The van der Waals surface area contributed by atoms with Crippen LogP contribution in [0.5, 0.6) is 5.75 Å². The highest BCUT2D eigenvalue weighted by molar-refractivity contribution is 6.15. The molecule has 1 aromatic carbocycles. The second-order valence-corrected chi connectivity index (χ2v) is 4.57. The Bertz CT molecular complexity index is 652. The van der Waals surface area contributed by atoms with Gasteiger partial charge in [0.05, 0.1) is 12.8 Å². The maximum atomic E-state index is 12.0. The van der Waals surface area contributed by atoms with E-state index in [1.165, 1.54) is 7.11 Å². The molecule has 1 unspecified atom stereocenters. The third kappa shape index (κ3) is 2.88. The molecule has 0 fully saturated rings. The average Bonchev–Trinajstić information content (AvgIpc) is 2.72. The van der Waals surface area contributed by atoms with Crippen molar-refractivity contribution in [3.63, 3.8) is 0 Å². The van der Waals surface area contributed by atoms with Crippen molar-refractivity contribution in [2.75, 3.05) is 7.11 Å². The van der Waals surface area contributed by atoms with E-state index in [1.807, 2.05) is 13.0 Å². The first kappa shape index (κ1) is 14.6. The van der Waals surface area contributed by atoms with Crippen molar-refractivity contribution in [2.24, 2.45) is 21.1 Å². The number of hydrogen-bond donors (Lipinski definition) is 2. The number of ether oxygens (including phenoxy) is 1. The van der Waals surface area contributed by atoms with Crippen molar-refractivity contribution >= 4 is 23.3 Å². The molecule has 1 atom stereocenters.